The Hall–Kier alpha value is -3.20. The molecule has 0 bridgehead atoms. The van der Waals surface area contributed by atoms with E-state index in [9.17, 15) is 4.79 Å². The Labute approximate surface area is 175 Å². The number of fused-ring (bicyclic) bond motifs is 1. The van der Waals surface area contributed by atoms with Gasteiger partial charge in [-0.25, -0.2) is 4.98 Å². The summed E-state index contributed by atoms with van der Waals surface area (Å²) in [6.45, 7) is 3.38. The zero-order valence-corrected chi connectivity index (χ0v) is 16.9. The predicted octanol–water partition coefficient (Wildman–Crippen LogP) is 5.66. The second-order valence-corrected chi connectivity index (χ2v) is 7.70. The van der Waals surface area contributed by atoms with Crippen molar-refractivity contribution in [2.45, 2.75) is 40.0 Å². The lowest BCUT2D eigenvalue weighted by Gasteiger charge is -2.22. The average Bonchev–Trinajstić information content (AvgIpc) is 2.74. The molecule has 3 heteroatoms. The minimum absolute atomic E-state index is 0.111. The molecule has 1 atom stereocenters. The number of aromatic nitrogens is 2. The summed E-state index contributed by atoms with van der Waals surface area (Å²) in [5.41, 5.74) is 3.66. The highest BCUT2D eigenvalue weighted by Crippen LogP contribution is 2.26. The van der Waals surface area contributed by atoms with Crippen LogP contribution < -0.4 is 5.56 Å². The van der Waals surface area contributed by atoms with Crippen LogP contribution in [-0.4, -0.2) is 9.55 Å². The molecule has 0 saturated heterocycles. The van der Waals surface area contributed by atoms with E-state index in [1.165, 1.54) is 4.57 Å². The molecule has 4 rings (SSSR count). The van der Waals surface area contributed by atoms with Crippen molar-refractivity contribution < 1.29 is 4.11 Å². The average molecular weight is 386 g/mol. The highest BCUT2D eigenvalue weighted by atomic mass is 16.1. The van der Waals surface area contributed by atoms with Gasteiger partial charge in [0.15, 0.2) is 0 Å². The molecule has 0 aliphatic rings. The van der Waals surface area contributed by atoms with Gasteiger partial charge >= 0.3 is 0 Å². The fourth-order valence-corrected chi connectivity index (χ4v) is 4.01. The van der Waals surface area contributed by atoms with E-state index in [-0.39, 0.29) is 17.0 Å². The van der Waals surface area contributed by atoms with Crippen molar-refractivity contribution in [3.8, 4) is 5.69 Å². The van der Waals surface area contributed by atoms with Crippen molar-refractivity contribution >= 4 is 10.9 Å². The molecule has 146 valence electrons. The van der Waals surface area contributed by atoms with E-state index in [1.807, 2.05) is 69.3 Å². The van der Waals surface area contributed by atoms with Crippen molar-refractivity contribution in [2.24, 2.45) is 0 Å². The number of hydrogen-bond donors (Lipinski definition) is 0. The number of hydrogen-bond acceptors (Lipinski definition) is 2. The first kappa shape index (κ1) is 15.7. The molecule has 0 unspecified atom stereocenters. The summed E-state index contributed by atoms with van der Waals surface area (Å²) in [7, 11) is 0. The molecular formula is C26H26N2O. The van der Waals surface area contributed by atoms with E-state index in [1.54, 1.807) is 18.2 Å². The Kier molecular flexibility index (Phi) is 4.15. The van der Waals surface area contributed by atoms with Crippen LogP contribution >= 0.6 is 0 Å². The third-order valence-corrected chi connectivity index (χ3v) is 5.30. The maximum Gasteiger partial charge on any atom is 0.265 e. The van der Waals surface area contributed by atoms with Crippen molar-refractivity contribution in [1.82, 2.24) is 9.55 Å². The van der Waals surface area contributed by atoms with Gasteiger partial charge < -0.3 is 0 Å². The van der Waals surface area contributed by atoms with Crippen molar-refractivity contribution in [2.75, 3.05) is 0 Å². The van der Waals surface area contributed by atoms with Crippen molar-refractivity contribution in [3.05, 3.63) is 105 Å². The molecule has 1 aromatic heterocycles. The fraction of sp³-hybridized carbons (Fsp3) is 0.231. The molecule has 0 spiro atoms. The Morgan fingerprint density at radius 2 is 1.69 bits per heavy atom. The molecule has 0 amide bonds. The maximum absolute atomic E-state index is 13.8. The third kappa shape index (κ3) is 3.61. The molecule has 0 fully saturated rings. The maximum atomic E-state index is 13.8. The lowest BCUT2D eigenvalue weighted by Crippen LogP contribution is -2.27. The number of aryl methyl sites for hydroxylation is 3. The number of para-hydroxylation sites is 1. The Balaban J connectivity index is 2.05. The standard InChI is InChI=1S/C26H26N2O/c1-17-14-18(2)24(19(3)15-17)28-25(20(4)16-21-10-6-5-7-11-21)27-23-13-9-8-12-22(23)26(28)29/h5-15,20H,16H2,1-4H3/t20-/m0/s1/i2D3. The molecule has 0 radical (unpaired) electrons. The first-order valence-electron chi connectivity index (χ1n) is 11.3. The van der Waals surface area contributed by atoms with E-state index in [0.717, 1.165) is 16.7 Å². The van der Waals surface area contributed by atoms with Crippen LogP contribution in [0.4, 0.5) is 0 Å². The van der Waals surface area contributed by atoms with Crippen LogP contribution in [0.5, 0.6) is 0 Å². The molecule has 3 nitrogen and oxygen atoms in total. The van der Waals surface area contributed by atoms with Crippen LogP contribution in [0.3, 0.4) is 0 Å². The van der Waals surface area contributed by atoms with Gasteiger partial charge in [0.2, 0.25) is 0 Å². The summed E-state index contributed by atoms with van der Waals surface area (Å²) in [6, 6.07) is 20.8. The summed E-state index contributed by atoms with van der Waals surface area (Å²) in [5, 5.41) is 0.472. The highest BCUT2D eigenvalue weighted by molar-refractivity contribution is 5.78. The number of rotatable bonds is 4. The number of nitrogens with zero attached hydrogens (tertiary/aromatic N) is 2. The van der Waals surface area contributed by atoms with E-state index in [4.69, 9.17) is 9.10 Å². The first-order chi connectivity index (χ1) is 15.2. The summed E-state index contributed by atoms with van der Waals surface area (Å²) >= 11 is 0. The molecule has 0 saturated carbocycles. The van der Waals surface area contributed by atoms with Gasteiger partial charge in [0.05, 0.1) is 16.6 Å². The molecule has 29 heavy (non-hydrogen) atoms. The summed E-state index contributed by atoms with van der Waals surface area (Å²) < 4.78 is 26.0. The van der Waals surface area contributed by atoms with Crippen LogP contribution in [0.15, 0.2) is 71.5 Å². The van der Waals surface area contributed by atoms with Gasteiger partial charge in [-0.15, -0.1) is 0 Å². The largest absolute Gasteiger partial charge is 0.268 e. The normalized spacial score (nSPS) is 14.2. The van der Waals surface area contributed by atoms with Crippen LogP contribution in [0.25, 0.3) is 16.6 Å². The van der Waals surface area contributed by atoms with Crippen LogP contribution in [0, 0.1) is 20.7 Å². The van der Waals surface area contributed by atoms with Gasteiger partial charge in [-0.1, -0.05) is 67.1 Å². The van der Waals surface area contributed by atoms with Gasteiger partial charge in [-0.2, -0.15) is 0 Å². The molecular weight excluding hydrogens is 356 g/mol. The summed E-state index contributed by atoms with van der Waals surface area (Å²) in [4.78, 5) is 18.6. The van der Waals surface area contributed by atoms with Crippen molar-refractivity contribution in [1.29, 1.82) is 0 Å². The molecule has 0 N–H and O–H groups in total. The van der Waals surface area contributed by atoms with Crippen LogP contribution in [0.1, 0.15) is 45.0 Å². The van der Waals surface area contributed by atoms with Crippen LogP contribution in [-0.2, 0) is 6.42 Å². The second kappa shape index (κ2) is 7.67. The molecule has 4 aromatic rings. The Morgan fingerprint density at radius 1 is 1.00 bits per heavy atom. The van der Waals surface area contributed by atoms with E-state index < -0.39 is 6.85 Å². The molecule has 0 aliphatic carbocycles. The van der Waals surface area contributed by atoms with Gasteiger partial charge in [0.1, 0.15) is 5.82 Å². The summed E-state index contributed by atoms with van der Waals surface area (Å²) in [6.07, 6.45) is 0.680. The highest BCUT2D eigenvalue weighted by Gasteiger charge is 2.20. The Morgan fingerprint density at radius 3 is 2.45 bits per heavy atom. The quantitative estimate of drug-likeness (QED) is 0.454. The third-order valence-electron chi connectivity index (χ3n) is 5.30. The monoisotopic (exact) mass is 385 g/mol. The minimum Gasteiger partial charge on any atom is -0.268 e. The lowest BCUT2D eigenvalue weighted by atomic mass is 9.98. The topological polar surface area (TPSA) is 34.9 Å². The molecule has 1 heterocycles. The fourth-order valence-electron chi connectivity index (χ4n) is 4.01. The summed E-state index contributed by atoms with van der Waals surface area (Å²) in [5.74, 6) is 0.454. The lowest BCUT2D eigenvalue weighted by molar-refractivity contribution is 0.662. The van der Waals surface area contributed by atoms with Gasteiger partial charge in [-0.3, -0.25) is 9.36 Å². The molecule has 3 aromatic carbocycles. The predicted molar refractivity (Wildman–Crippen MR) is 120 cm³/mol. The van der Waals surface area contributed by atoms with Crippen LogP contribution in [0.2, 0.25) is 0 Å². The zero-order valence-electron chi connectivity index (χ0n) is 19.9. The van der Waals surface area contributed by atoms with Gasteiger partial charge in [0.25, 0.3) is 5.56 Å². The smallest absolute Gasteiger partial charge is 0.265 e. The van der Waals surface area contributed by atoms with E-state index in [2.05, 4.69) is 0 Å². The SMILES string of the molecule is [2H]C([2H])([2H])c1cc(C)cc(C)c1-n1c([C@@H](C)Cc2ccccc2)nc2ccccc2c1=O. The van der Waals surface area contributed by atoms with E-state index in [0.29, 0.717) is 28.8 Å². The van der Waals surface area contributed by atoms with Crippen molar-refractivity contribution in [3.63, 3.8) is 0 Å². The number of benzene rings is 3. The first-order valence-corrected chi connectivity index (χ1v) is 9.84. The van der Waals surface area contributed by atoms with E-state index >= 15 is 0 Å². The minimum atomic E-state index is -2.36. The van der Waals surface area contributed by atoms with Gasteiger partial charge in [0, 0.05) is 10.0 Å². The Bertz CT molecular complexity index is 1340. The second-order valence-electron chi connectivity index (χ2n) is 7.70. The molecule has 0 aliphatic heterocycles. The van der Waals surface area contributed by atoms with Gasteiger partial charge in [-0.05, 0) is 55.9 Å². The zero-order chi connectivity index (χ0) is 23.0.